The minimum atomic E-state index is -3.33. The highest BCUT2D eigenvalue weighted by Crippen LogP contribution is 2.37. The summed E-state index contributed by atoms with van der Waals surface area (Å²) in [4.78, 5) is 1.13. The minimum Gasteiger partial charge on any atom is -0.316 e. The molecule has 0 aromatic carbocycles. The molecular formula is C15H26N2O2S2. The van der Waals surface area contributed by atoms with Gasteiger partial charge in [-0.3, -0.25) is 0 Å². The molecule has 1 unspecified atom stereocenters. The highest BCUT2D eigenvalue weighted by atomic mass is 32.2. The van der Waals surface area contributed by atoms with E-state index in [1.807, 2.05) is 13.0 Å². The first-order chi connectivity index (χ1) is 9.96. The fourth-order valence-corrected chi connectivity index (χ4v) is 5.34. The van der Waals surface area contributed by atoms with Crippen LogP contribution in [0.1, 0.15) is 38.0 Å². The number of hydrogen-bond acceptors (Lipinski definition) is 4. The second kappa shape index (κ2) is 7.22. The maximum Gasteiger partial charge on any atom is 0.252 e. The average molecular weight is 331 g/mol. The first-order valence-electron chi connectivity index (χ1n) is 7.74. The number of nitrogens with zero attached hydrogens (tertiary/aromatic N) is 1. The lowest BCUT2D eigenvalue weighted by atomic mass is 10.2. The Morgan fingerprint density at radius 2 is 2.10 bits per heavy atom. The highest BCUT2D eigenvalue weighted by Gasteiger charge is 2.36. The second-order valence-electron chi connectivity index (χ2n) is 5.82. The SMILES string of the molecule is CCCNCCc1ccc(S(=O)(=O)N(C)C(C)C2CC2)s1. The van der Waals surface area contributed by atoms with Crippen molar-refractivity contribution in [1.29, 1.82) is 0 Å². The van der Waals surface area contributed by atoms with Gasteiger partial charge in [0.25, 0.3) is 10.0 Å². The van der Waals surface area contributed by atoms with Gasteiger partial charge < -0.3 is 5.32 Å². The quantitative estimate of drug-likeness (QED) is 0.708. The molecule has 0 radical (unpaired) electrons. The highest BCUT2D eigenvalue weighted by molar-refractivity contribution is 7.91. The van der Waals surface area contributed by atoms with E-state index in [0.29, 0.717) is 10.1 Å². The van der Waals surface area contributed by atoms with Gasteiger partial charge in [-0.15, -0.1) is 11.3 Å². The molecule has 0 saturated heterocycles. The third-order valence-corrected chi connectivity index (χ3v) is 7.68. The van der Waals surface area contributed by atoms with Crippen LogP contribution in [0.4, 0.5) is 0 Å². The normalized spacial score (nSPS) is 17.3. The lowest BCUT2D eigenvalue weighted by Crippen LogP contribution is -2.36. The number of thiophene rings is 1. The summed E-state index contributed by atoms with van der Waals surface area (Å²) < 4.78 is 27.3. The smallest absolute Gasteiger partial charge is 0.252 e. The monoisotopic (exact) mass is 330 g/mol. The lowest BCUT2D eigenvalue weighted by molar-refractivity contribution is 0.358. The molecule has 1 aliphatic carbocycles. The molecule has 21 heavy (non-hydrogen) atoms. The second-order valence-corrected chi connectivity index (χ2v) is 9.21. The van der Waals surface area contributed by atoms with Crippen LogP contribution in [0.25, 0.3) is 0 Å². The molecule has 1 aromatic rings. The van der Waals surface area contributed by atoms with Gasteiger partial charge in [0.1, 0.15) is 4.21 Å². The fourth-order valence-electron chi connectivity index (χ4n) is 2.38. The number of sulfonamides is 1. The van der Waals surface area contributed by atoms with Crippen molar-refractivity contribution in [2.75, 3.05) is 20.1 Å². The van der Waals surface area contributed by atoms with E-state index in [4.69, 9.17) is 0 Å². The molecule has 1 aliphatic rings. The zero-order chi connectivity index (χ0) is 15.5. The van der Waals surface area contributed by atoms with Crippen molar-refractivity contribution in [3.8, 4) is 0 Å². The first-order valence-corrected chi connectivity index (χ1v) is 10.00. The van der Waals surface area contributed by atoms with E-state index in [1.54, 1.807) is 17.4 Å². The molecule has 1 heterocycles. The van der Waals surface area contributed by atoms with Crippen molar-refractivity contribution in [3.05, 3.63) is 17.0 Å². The van der Waals surface area contributed by atoms with Gasteiger partial charge in [-0.2, -0.15) is 4.31 Å². The van der Waals surface area contributed by atoms with Crippen LogP contribution in [0.15, 0.2) is 16.3 Å². The van der Waals surface area contributed by atoms with Crippen molar-refractivity contribution >= 4 is 21.4 Å². The van der Waals surface area contributed by atoms with Crippen LogP contribution in [0.3, 0.4) is 0 Å². The predicted octanol–water partition coefficient (Wildman–Crippen LogP) is 2.71. The molecule has 0 aliphatic heterocycles. The van der Waals surface area contributed by atoms with Crippen molar-refractivity contribution < 1.29 is 8.42 Å². The Labute approximate surface area is 132 Å². The summed E-state index contributed by atoms with van der Waals surface area (Å²) in [5, 5.41) is 3.34. The van der Waals surface area contributed by atoms with Gasteiger partial charge in [0.2, 0.25) is 0 Å². The van der Waals surface area contributed by atoms with Gasteiger partial charge in [0.05, 0.1) is 0 Å². The van der Waals surface area contributed by atoms with Gasteiger partial charge >= 0.3 is 0 Å². The van der Waals surface area contributed by atoms with Crippen LogP contribution in [-0.4, -0.2) is 38.9 Å². The molecule has 1 saturated carbocycles. The number of nitrogens with one attached hydrogen (secondary N) is 1. The van der Waals surface area contributed by atoms with E-state index in [2.05, 4.69) is 12.2 Å². The molecule has 0 amide bonds. The van der Waals surface area contributed by atoms with E-state index in [0.717, 1.165) is 43.6 Å². The minimum absolute atomic E-state index is 0.103. The van der Waals surface area contributed by atoms with Crippen molar-refractivity contribution in [1.82, 2.24) is 9.62 Å². The molecule has 1 atom stereocenters. The molecule has 1 aromatic heterocycles. The molecule has 120 valence electrons. The van der Waals surface area contributed by atoms with Crippen molar-refractivity contribution in [2.24, 2.45) is 5.92 Å². The summed E-state index contributed by atoms with van der Waals surface area (Å²) in [5.41, 5.74) is 0. The topological polar surface area (TPSA) is 49.4 Å². The molecule has 0 bridgehead atoms. The summed E-state index contributed by atoms with van der Waals surface area (Å²) in [6, 6.07) is 3.80. The van der Waals surface area contributed by atoms with Gasteiger partial charge in [0, 0.05) is 18.0 Å². The van der Waals surface area contributed by atoms with Crippen LogP contribution >= 0.6 is 11.3 Å². The first kappa shape index (κ1) is 16.9. The van der Waals surface area contributed by atoms with Gasteiger partial charge in [-0.1, -0.05) is 6.92 Å². The van der Waals surface area contributed by atoms with Crippen molar-refractivity contribution in [3.63, 3.8) is 0 Å². The van der Waals surface area contributed by atoms with E-state index in [9.17, 15) is 8.42 Å². The summed E-state index contributed by atoms with van der Waals surface area (Å²) >= 11 is 1.41. The van der Waals surface area contributed by atoms with Crippen LogP contribution < -0.4 is 5.32 Å². The molecule has 4 nitrogen and oxygen atoms in total. The third kappa shape index (κ3) is 4.28. The van der Waals surface area contributed by atoms with Crippen LogP contribution in [0.5, 0.6) is 0 Å². The zero-order valence-corrected chi connectivity index (χ0v) is 14.8. The van der Waals surface area contributed by atoms with Gasteiger partial charge in [-0.05, 0) is 63.7 Å². The Morgan fingerprint density at radius 1 is 1.38 bits per heavy atom. The molecule has 1 fully saturated rings. The summed E-state index contributed by atoms with van der Waals surface area (Å²) in [6.45, 7) is 6.07. The molecule has 2 rings (SSSR count). The van der Waals surface area contributed by atoms with E-state index >= 15 is 0 Å². The van der Waals surface area contributed by atoms with Gasteiger partial charge in [0.15, 0.2) is 0 Å². The van der Waals surface area contributed by atoms with Crippen molar-refractivity contribution in [2.45, 2.75) is 49.8 Å². The standard InChI is InChI=1S/C15H26N2O2S2/c1-4-10-16-11-9-14-7-8-15(20-14)21(18,19)17(3)12(2)13-5-6-13/h7-8,12-13,16H,4-6,9-11H2,1-3H3. The molecule has 0 spiro atoms. The van der Waals surface area contributed by atoms with Crippen LogP contribution in [-0.2, 0) is 16.4 Å². The Balaban J connectivity index is 1.98. The van der Waals surface area contributed by atoms with Crippen LogP contribution in [0, 0.1) is 5.92 Å². The Morgan fingerprint density at radius 3 is 2.71 bits per heavy atom. The van der Waals surface area contributed by atoms with E-state index in [1.165, 1.54) is 11.3 Å². The largest absolute Gasteiger partial charge is 0.316 e. The van der Waals surface area contributed by atoms with Gasteiger partial charge in [-0.25, -0.2) is 8.42 Å². The van der Waals surface area contributed by atoms with Crippen LogP contribution in [0.2, 0.25) is 0 Å². The molecule has 1 N–H and O–H groups in total. The third-order valence-electron chi connectivity index (χ3n) is 4.12. The lowest BCUT2D eigenvalue weighted by Gasteiger charge is -2.23. The predicted molar refractivity (Wildman–Crippen MR) is 88.3 cm³/mol. The maximum absolute atomic E-state index is 12.6. The number of rotatable bonds is 9. The summed E-state index contributed by atoms with van der Waals surface area (Å²) in [5.74, 6) is 0.544. The molecule has 6 heteroatoms. The van der Waals surface area contributed by atoms with E-state index < -0.39 is 10.0 Å². The summed E-state index contributed by atoms with van der Waals surface area (Å²) in [6.07, 6.45) is 4.32. The maximum atomic E-state index is 12.6. The zero-order valence-electron chi connectivity index (χ0n) is 13.1. The number of hydrogen-bond donors (Lipinski definition) is 1. The average Bonchev–Trinajstić information content (AvgIpc) is 3.20. The Hall–Kier alpha value is -0.430. The Bertz CT molecular complexity index is 550. The van der Waals surface area contributed by atoms with E-state index in [-0.39, 0.29) is 6.04 Å². The Kier molecular flexibility index (Phi) is 5.82. The molecular weight excluding hydrogens is 304 g/mol. The fraction of sp³-hybridized carbons (Fsp3) is 0.733. The summed E-state index contributed by atoms with van der Waals surface area (Å²) in [7, 11) is -1.62.